The van der Waals surface area contributed by atoms with Crippen LogP contribution in [0.4, 0.5) is 0 Å². The van der Waals surface area contributed by atoms with E-state index in [0.29, 0.717) is 18.1 Å². The first-order valence-corrected chi connectivity index (χ1v) is 10.9. The van der Waals surface area contributed by atoms with Crippen LogP contribution in [0.1, 0.15) is 51.4 Å². The molecule has 1 heterocycles. The molecule has 2 saturated carbocycles. The van der Waals surface area contributed by atoms with Crippen LogP contribution in [-0.2, 0) is 14.3 Å². The molecule has 0 spiro atoms. The van der Waals surface area contributed by atoms with E-state index in [9.17, 15) is 9.59 Å². The smallest absolute Gasteiger partial charge is 0.236 e. The summed E-state index contributed by atoms with van der Waals surface area (Å²) in [6.45, 7) is 2.04. The average molecular weight is 396 g/mol. The van der Waals surface area contributed by atoms with Crippen LogP contribution in [0, 0.1) is 17.8 Å². The van der Waals surface area contributed by atoms with Gasteiger partial charge in [-0.1, -0.05) is 0 Å². The van der Waals surface area contributed by atoms with Crippen molar-refractivity contribution in [1.82, 2.24) is 21.3 Å². The highest BCUT2D eigenvalue weighted by Gasteiger charge is 2.32. The highest BCUT2D eigenvalue weighted by Crippen LogP contribution is 2.32. The molecular weight excluding hydrogens is 358 g/mol. The topological polar surface area (TPSA) is 118 Å². The average Bonchev–Trinajstić information content (AvgIpc) is 2.73. The van der Waals surface area contributed by atoms with Crippen LogP contribution < -0.4 is 27.0 Å². The Bertz CT molecular complexity index is 508. The zero-order chi connectivity index (χ0) is 19.9. The lowest BCUT2D eigenvalue weighted by Crippen LogP contribution is -2.63. The maximum Gasteiger partial charge on any atom is 0.236 e. The molecule has 0 unspecified atom stereocenters. The van der Waals surface area contributed by atoms with Crippen molar-refractivity contribution in [3.63, 3.8) is 0 Å². The van der Waals surface area contributed by atoms with Gasteiger partial charge in [-0.25, -0.2) is 0 Å². The number of hydrogen-bond donors (Lipinski definition) is 5. The molecule has 0 aromatic rings. The number of ether oxygens (including phenoxy) is 1. The fourth-order valence-corrected chi connectivity index (χ4v) is 5.01. The Kier molecular flexibility index (Phi) is 8.08. The van der Waals surface area contributed by atoms with E-state index in [4.69, 9.17) is 10.5 Å². The maximum absolute atomic E-state index is 12.1. The first-order chi connectivity index (χ1) is 13.5. The lowest BCUT2D eigenvalue weighted by atomic mass is 9.78. The van der Waals surface area contributed by atoms with Crippen molar-refractivity contribution in [2.45, 2.75) is 69.8 Å². The van der Waals surface area contributed by atoms with Crippen LogP contribution in [0.3, 0.4) is 0 Å². The third-order valence-corrected chi connectivity index (χ3v) is 6.82. The molecule has 3 aliphatic rings. The summed E-state index contributed by atoms with van der Waals surface area (Å²) in [7, 11) is 1.83. The second-order valence-corrected chi connectivity index (χ2v) is 8.68. The molecule has 8 heteroatoms. The third-order valence-electron chi connectivity index (χ3n) is 6.82. The van der Waals surface area contributed by atoms with Gasteiger partial charge in [-0.3, -0.25) is 25.5 Å². The Morgan fingerprint density at radius 1 is 0.964 bits per heavy atom. The van der Waals surface area contributed by atoms with E-state index in [2.05, 4.69) is 21.3 Å². The Morgan fingerprint density at radius 3 is 2.18 bits per heavy atom. The van der Waals surface area contributed by atoms with Gasteiger partial charge in [-0.2, -0.15) is 0 Å². The first-order valence-electron chi connectivity index (χ1n) is 10.9. The molecule has 8 nitrogen and oxygen atoms in total. The summed E-state index contributed by atoms with van der Waals surface area (Å²) >= 11 is 0. The summed E-state index contributed by atoms with van der Waals surface area (Å²) in [6.07, 6.45) is 9.17. The minimum Gasteiger partial charge on any atom is -0.381 e. The Labute approximate surface area is 168 Å². The minimum absolute atomic E-state index is 0.00344. The van der Waals surface area contributed by atoms with Crippen molar-refractivity contribution in [2.24, 2.45) is 23.5 Å². The molecule has 2 amide bonds. The quantitative estimate of drug-likeness (QED) is 0.415. The molecule has 0 aromatic carbocycles. The van der Waals surface area contributed by atoms with Crippen molar-refractivity contribution in [2.75, 3.05) is 26.7 Å². The van der Waals surface area contributed by atoms with Crippen LogP contribution in [0.15, 0.2) is 0 Å². The van der Waals surface area contributed by atoms with Gasteiger partial charge in [-0.15, -0.1) is 0 Å². The molecule has 1 aliphatic heterocycles. The molecule has 0 radical (unpaired) electrons. The fourth-order valence-electron chi connectivity index (χ4n) is 5.01. The van der Waals surface area contributed by atoms with Crippen molar-refractivity contribution in [3.05, 3.63) is 0 Å². The van der Waals surface area contributed by atoms with Gasteiger partial charge in [0.2, 0.25) is 11.8 Å². The van der Waals surface area contributed by atoms with Gasteiger partial charge in [0.15, 0.2) is 0 Å². The van der Waals surface area contributed by atoms with Gasteiger partial charge in [0.05, 0.1) is 12.6 Å². The van der Waals surface area contributed by atoms with E-state index < -0.39 is 5.91 Å². The van der Waals surface area contributed by atoms with Gasteiger partial charge >= 0.3 is 0 Å². The van der Waals surface area contributed by atoms with Crippen molar-refractivity contribution in [3.8, 4) is 0 Å². The normalized spacial score (nSPS) is 36.6. The maximum atomic E-state index is 12.1. The highest BCUT2D eigenvalue weighted by molar-refractivity contribution is 5.84. The van der Waals surface area contributed by atoms with Gasteiger partial charge in [0.1, 0.15) is 6.29 Å². The zero-order valence-electron chi connectivity index (χ0n) is 17.0. The molecule has 3 rings (SSSR count). The van der Waals surface area contributed by atoms with E-state index in [1.807, 2.05) is 7.11 Å². The van der Waals surface area contributed by atoms with Crippen molar-refractivity contribution >= 4 is 11.8 Å². The number of primary amides is 1. The minimum atomic E-state index is -0.497. The van der Waals surface area contributed by atoms with Crippen molar-refractivity contribution in [1.29, 1.82) is 0 Å². The predicted molar refractivity (Wildman–Crippen MR) is 107 cm³/mol. The summed E-state index contributed by atoms with van der Waals surface area (Å²) in [5.74, 6) is 0.943. The Balaban J connectivity index is 1.31. The zero-order valence-corrected chi connectivity index (χ0v) is 17.0. The third kappa shape index (κ3) is 6.14. The number of nitrogens with one attached hydrogen (secondary N) is 4. The van der Waals surface area contributed by atoms with Gasteiger partial charge in [0, 0.05) is 32.2 Å². The highest BCUT2D eigenvalue weighted by atomic mass is 16.5. The molecule has 0 aromatic heterocycles. The first kappa shape index (κ1) is 21.5. The fraction of sp³-hybridized carbons (Fsp3) is 0.900. The van der Waals surface area contributed by atoms with E-state index in [1.165, 1.54) is 25.7 Å². The van der Waals surface area contributed by atoms with Crippen LogP contribution in [0.5, 0.6) is 0 Å². The summed E-state index contributed by atoms with van der Waals surface area (Å²) in [5.41, 5.74) is 5.08. The largest absolute Gasteiger partial charge is 0.381 e. The van der Waals surface area contributed by atoms with Gasteiger partial charge in [-0.05, 0) is 63.2 Å². The molecular formula is C20H37N5O3. The van der Waals surface area contributed by atoms with E-state index in [0.717, 1.165) is 44.7 Å². The molecule has 1 saturated heterocycles. The summed E-state index contributed by atoms with van der Waals surface area (Å²) in [5, 5.41) is 13.5. The van der Waals surface area contributed by atoms with Crippen LogP contribution in [0.2, 0.25) is 0 Å². The van der Waals surface area contributed by atoms with E-state index in [-0.39, 0.29) is 24.7 Å². The van der Waals surface area contributed by atoms with Crippen LogP contribution in [0.25, 0.3) is 0 Å². The number of carbonyl (C=O) groups excluding carboxylic acids is 2. The molecule has 2 aliphatic carbocycles. The molecule has 160 valence electrons. The number of hydrogen-bond acceptors (Lipinski definition) is 6. The number of nitrogens with two attached hydrogens (primary N) is 1. The van der Waals surface area contributed by atoms with E-state index in [1.54, 1.807) is 0 Å². The van der Waals surface area contributed by atoms with E-state index >= 15 is 0 Å². The predicted octanol–water partition coefficient (Wildman–Crippen LogP) is 0.0341. The molecule has 6 N–H and O–H groups in total. The second-order valence-electron chi connectivity index (χ2n) is 8.68. The molecule has 28 heavy (non-hydrogen) atoms. The summed E-state index contributed by atoms with van der Waals surface area (Å²) in [6, 6.07) is 0.416. The number of carbonyl (C=O) groups is 2. The number of amides is 2. The summed E-state index contributed by atoms with van der Waals surface area (Å²) in [4.78, 5) is 22.8. The Hall–Kier alpha value is -1.22. The van der Waals surface area contributed by atoms with Gasteiger partial charge in [0.25, 0.3) is 0 Å². The second kappa shape index (κ2) is 10.5. The molecule has 0 bridgehead atoms. The summed E-state index contributed by atoms with van der Waals surface area (Å²) < 4.78 is 5.49. The lowest BCUT2D eigenvalue weighted by Gasteiger charge is -2.40. The van der Waals surface area contributed by atoms with Crippen LogP contribution in [-0.4, -0.2) is 57.0 Å². The number of methoxy groups -OCH3 is 1. The van der Waals surface area contributed by atoms with Crippen molar-refractivity contribution < 1.29 is 14.3 Å². The standard InChI is InChI=1S/C20H37N5O3/c1-28-17-8-4-13(5-9-17)15-10-23-20(24-11-15)25-16-6-2-14(3-7-16)19(27)22-12-18(21)26/h13-17,20,23-25H,2-12H2,1H3,(H2,21,26)(H,22,27). The van der Waals surface area contributed by atoms with Gasteiger partial charge < -0.3 is 15.8 Å². The van der Waals surface area contributed by atoms with Crippen LogP contribution >= 0.6 is 0 Å². The SMILES string of the molecule is COC1CCC(C2CNC(NC3CCC(C(=O)NCC(N)=O)CC3)NC2)CC1. The molecule has 3 fully saturated rings. The Morgan fingerprint density at radius 2 is 1.61 bits per heavy atom. The number of rotatable bonds is 7. The monoisotopic (exact) mass is 395 g/mol. The lowest BCUT2D eigenvalue weighted by molar-refractivity contribution is -0.128. The molecule has 0 atom stereocenters.